The van der Waals surface area contributed by atoms with Crippen molar-refractivity contribution >= 4 is 80.6 Å². The first-order chi connectivity index (χ1) is 35.6. The lowest BCUT2D eigenvalue weighted by Gasteiger charge is -2.09. The number of nitrogens with one attached hydrogen (secondary N) is 4. The first-order valence-corrected chi connectivity index (χ1v) is 24.3. The Kier molecular flexibility index (Phi) is 9.70. The zero-order chi connectivity index (χ0) is 47.5. The molecule has 14 bridgehead atoms. The Morgan fingerprint density at radius 3 is 0.944 bits per heavy atom. The van der Waals surface area contributed by atoms with E-state index in [2.05, 4.69) is 257 Å². The van der Waals surface area contributed by atoms with Gasteiger partial charge in [0.25, 0.3) is 0 Å². The first-order valence-electron chi connectivity index (χ1n) is 24.3. The summed E-state index contributed by atoms with van der Waals surface area (Å²) in [7, 11) is 0. The minimum absolute atomic E-state index is 0.849. The highest BCUT2D eigenvalue weighted by Gasteiger charge is 2.20. The highest BCUT2D eigenvalue weighted by molar-refractivity contribution is 6.03. The van der Waals surface area contributed by atoms with Crippen molar-refractivity contribution < 1.29 is 0 Å². The molecule has 14 rings (SSSR count). The van der Waals surface area contributed by atoms with Crippen LogP contribution in [-0.4, -0.2) is 34.9 Å². The van der Waals surface area contributed by atoms with Crippen LogP contribution in [0.4, 0.5) is 0 Å². The first kappa shape index (κ1) is 41.2. The Bertz CT molecular complexity index is 4150. The van der Waals surface area contributed by atoms with Crippen molar-refractivity contribution in [1.29, 1.82) is 0 Å². The molecule has 7 heteroatoms. The summed E-state index contributed by atoms with van der Waals surface area (Å²) in [6.07, 6.45) is 12.8. The highest BCUT2D eigenvalue weighted by atomic mass is 14.8. The zero-order valence-electron chi connectivity index (χ0n) is 38.9. The van der Waals surface area contributed by atoms with Gasteiger partial charge in [-0.2, -0.15) is 0 Å². The van der Waals surface area contributed by atoms with E-state index in [1.54, 1.807) is 0 Å². The molecule has 3 aliphatic heterocycles. The maximum atomic E-state index is 5.55. The molecule has 6 aromatic heterocycles. The Hall–Kier alpha value is -9.85. The van der Waals surface area contributed by atoms with Gasteiger partial charge in [0, 0.05) is 77.5 Å². The van der Waals surface area contributed by atoms with Crippen molar-refractivity contribution in [2.45, 2.75) is 0 Å². The van der Waals surface area contributed by atoms with E-state index in [-0.39, 0.29) is 0 Å². The van der Waals surface area contributed by atoms with E-state index in [9.17, 15) is 0 Å². The molecular formula is C65H43N7. The van der Waals surface area contributed by atoms with E-state index in [1.165, 1.54) is 0 Å². The molecule has 5 aromatic carbocycles. The van der Waals surface area contributed by atoms with Gasteiger partial charge < -0.3 is 19.9 Å². The quantitative estimate of drug-likeness (QED) is 0.134. The average Bonchev–Trinajstić information content (AvgIpc) is 4.29. The highest BCUT2D eigenvalue weighted by Crippen LogP contribution is 2.41. The number of hydrogen-bond donors (Lipinski definition) is 4. The van der Waals surface area contributed by atoms with Gasteiger partial charge in [-0.05, 0) is 131 Å². The van der Waals surface area contributed by atoms with E-state index < -0.39 is 0 Å². The van der Waals surface area contributed by atoms with Crippen LogP contribution in [0.5, 0.6) is 0 Å². The topological polar surface area (TPSA) is 102 Å². The summed E-state index contributed by atoms with van der Waals surface area (Å²) in [6, 6.07) is 70.5. The monoisotopic (exact) mass is 921 g/mol. The fourth-order valence-corrected chi connectivity index (χ4v) is 10.7. The number of fused-ring (bicyclic) bond motifs is 14. The van der Waals surface area contributed by atoms with E-state index in [0.717, 1.165) is 145 Å². The third kappa shape index (κ3) is 7.18. The van der Waals surface area contributed by atoms with E-state index in [0.29, 0.717) is 0 Å². The number of rotatable bonds is 6. The van der Waals surface area contributed by atoms with Crippen molar-refractivity contribution in [1.82, 2.24) is 34.9 Å². The summed E-state index contributed by atoms with van der Waals surface area (Å²) < 4.78 is 0. The molecular weight excluding hydrogens is 879 g/mol. The number of H-pyrrole nitrogens is 4. The predicted octanol–water partition coefficient (Wildman–Crippen LogP) is 16.6. The van der Waals surface area contributed by atoms with Crippen LogP contribution in [0.3, 0.4) is 0 Å². The Balaban J connectivity index is 1.07. The fraction of sp³-hybridized carbons (Fsp3) is 0. The second-order valence-corrected chi connectivity index (χ2v) is 18.3. The van der Waals surface area contributed by atoms with Crippen LogP contribution in [0.15, 0.2) is 200 Å². The van der Waals surface area contributed by atoms with Gasteiger partial charge >= 0.3 is 0 Å². The maximum absolute atomic E-state index is 5.55. The smallest absolute Gasteiger partial charge is 0.0737 e. The lowest BCUT2D eigenvalue weighted by molar-refractivity contribution is 1.31. The molecule has 0 saturated carbocycles. The largest absolute Gasteiger partial charge is 0.355 e. The van der Waals surface area contributed by atoms with Gasteiger partial charge in [0.15, 0.2) is 0 Å². The molecule has 0 amide bonds. The Labute approximate surface area is 414 Å². The summed E-state index contributed by atoms with van der Waals surface area (Å²) in [5, 5.41) is 0. The Morgan fingerprint density at radius 1 is 0.222 bits per heavy atom. The second kappa shape index (κ2) is 17.0. The number of aromatic nitrogens is 7. The third-order valence-corrected chi connectivity index (χ3v) is 13.9. The average molecular weight is 922 g/mol. The minimum atomic E-state index is 0.849. The molecule has 0 fully saturated rings. The van der Waals surface area contributed by atoms with E-state index in [1.807, 2.05) is 0 Å². The fourth-order valence-electron chi connectivity index (χ4n) is 10.7. The van der Waals surface area contributed by atoms with Crippen LogP contribution in [0.25, 0.3) is 147 Å². The maximum Gasteiger partial charge on any atom is 0.0737 e. The normalized spacial score (nSPS) is 12.3. The van der Waals surface area contributed by atoms with Crippen LogP contribution in [0.1, 0.15) is 34.2 Å². The number of aromatic amines is 4. The standard InChI is InChI=1S/C65H43N7/c1-5-14-40(15-6-1)60-48-26-24-46(66-48)39-47-25-27-49(67-47)61(41-16-7-2-8-17-41)51-31-35-57(70-51)64(56-34-30-50(60)69-56)44-22-13-23-45(38-44)65-58-36-32-54(71-58)62(42-18-9-3-10-19-42)52-28-29-53(68-52)63(43-20-11-4-12-21-43)55-33-37-59(65)72-55/h1-39,66,70-72H. The van der Waals surface area contributed by atoms with Crippen molar-refractivity contribution in [3.05, 3.63) is 234 Å². The van der Waals surface area contributed by atoms with Gasteiger partial charge in [-0.3, -0.25) is 0 Å². The SMILES string of the molecule is C1=Cc2nc1cc1ccc([nH]1)c(-c1ccccc1)c1nc(c(-c3cccc(-c4c5ccc([nH]5)c(-c5ccccc5)c5nc(c(-c6ccccc6)c6ccc4[nH]6)C=C5)c3)c3ccc([nH]3)c2-c2ccccc2)C=C1. The molecule has 7 nitrogen and oxygen atoms in total. The van der Waals surface area contributed by atoms with Crippen LogP contribution < -0.4 is 0 Å². The molecule has 0 radical (unpaired) electrons. The van der Waals surface area contributed by atoms with Crippen LogP contribution >= 0.6 is 0 Å². The lowest BCUT2D eigenvalue weighted by Crippen LogP contribution is -1.90. The van der Waals surface area contributed by atoms with Crippen molar-refractivity contribution in [2.24, 2.45) is 0 Å². The summed E-state index contributed by atoms with van der Waals surface area (Å²) in [4.78, 5) is 31.5. The third-order valence-electron chi connectivity index (χ3n) is 13.9. The summed E-state index contributed by atoms with van der Waals surface area (Å²) in [5.41, 5.74) is 25.5. The van der Waals surface area contributed by atoms with E-state index >= 15 is 0 Å². The molecule has 0 saturated heterocycles. The number of benzene rings is 5. The molecule has 0 aliphatic carbocycles. The lowest BCUT2D eigenvalue weighted by atomic mass is 9.97. The second-order valence-electron chi connectivity index (χ2n) is 18.3. The molecule has 0 unspecified atom stereocenters. The molecule has 0 spiro atoms. The molecule has 9 heterocycles. The summed E-state index contributed by atoms with van der Waals surface area (Å²) >= 11 is 0. The molecule has 338 valence electrons. The Morgan fingerprint density at radius 2 is 0.528 bits per heavy atom. The van der Waals surface area contributed by atoms with Gasteiger partial charge in [0.05, 0.1) is 34.2 Å². The molecule has 3 aliphatic rings. The van der Waals surface area contributed by atoms with E-state index in [4.69, 9.17) is 15.0 Å². The van der Waals surface area contributed by atoms with Gasteiger partial charge in [-0.25, -0.2) is 15.0 Å². The number of hydrogen-bond acceptors (Lipinski definition) is 3. The zero-order valence-corrected chi connectivity index (χ0v) is 38.9. The van der Waals surface area contributed by atoms with Gasteiger partial charge in [0.2, 0.25) is 0 Å². The van der Waals surface area contributed by atoms with Gasteiger partial charge in [-0.1, -0.05) is 140 Å². The van der Waals surface area contributed by atoms with Crippen LogP contribution in [0, 0.1) is 0 Å². The molecule has 0 atom stereocenters. The molecule has 72 heavy (non-hydrogen) atoms. The van der Waals surface area contributed by atoms with Crippen molar-refractivity contribution in [3.8, 4) is 66.8 Å². The van der Waals surface area contributed by atoms with Crippen LogP contribution in [0.2, 0.25) is 0 Å². The summed E-state index contributed by atoms with van der Waals surface area (Å²) in [6.45, 7) is 0. The molecule has 4 N–H and O–H groups in total. The van der Waals surface area contributed by atoms with Crippen LogP contribution in [-0.2, 0) is 0 Å². The molecule has 11 aromatic rings. The van der Waals surface area contributed by atoms with Crippen molar-refractivity contribution in [3.63, 3.8) is 0 Å². The van der Waals surface area contributed by atoms with Gasteiger partial charge in [0.1, 0.15) is 0 Å². The minimum Gasteiger partial charge on any atom is -0.355 e. The summed E-state index contributed by atoms with van der Waals surface area (Å²) in [5.74, 6) is 0. The van der Waals surface area contributed by atoms with Gasteiger partial charge in [-0.15, -0.1) is 0 Å². The predicted molar refractivity (Wildman–Crippen MR) is 300 cm³/mol. The van der Waals surface area contributed by atoms with Crippen molar-refractivity contribution in [2.75, 3.05) is 0 Å². The number of nitrogens with zero attached hydrogens (tertiary/aromatic N) is 3.